The molecule has 2 saturated heterocycles. The highest BCUT2D eigenvalue weighted by Crippen LogP contribution is 2.18. The van der Waals surface area contributed by atoms with Gasteiger partial charge in [0.15, 0.2) is 0 Å². The molecule has 0 aromatic heterocycles. The lowest BCUT2D eigenvalue weighted by molar-refractivity contribution is -0.121. The molecule has 0 spiro atoms. The number of rotatable bonds is 7. The van der Waals surface area contributed by atoms with Gasteiger partial charge in [0.2, 0.25) is 5.91 Å². The predicted molar refractivity (Wildman–Crippen MR) is 114 cm³/mol. The smallest absolute Gasteiger partial charge is 0.224 e. The molecule has 0 saturated carbocycles. The Morgan fingerprint density at radius 1 is 1.04 bits per heavy atom. The molecule has 0 radical (unpaired) electrons. The SMILES string of the molecule is CCN1CCN(C(C)(C)CNC(=O)Cc2ccc(N3CCOCC3)cc2)CC1. The molecule has 2 aliphatic rings. The second-order valence-electron chi connectivity index (χ2n) is 8.45. The molecule has 0 bridgehead atoms. The van der Waals surface area contributed by atoms with Crippen LogP contribution < -0.4 is 10.2 Å². The number of likely N-dealkylation sites (N-methyl/N-ethyl adjacent to an activating group) is 1. The highest BCUT2D eigenvalue weighted by molar-refractivity contribution is 5.78. The van der Waals surface area contributed by atoms with Crippen LogP contribution in [0, 0.1) is 0 Å². The van der Waals surface area contributed by atoms with Crippen LogP contribution in [-0.4, -0.2) is 86.8 Å². The minimum atomic E-state index is -0.0182. The highest BCUT2D eigenvalue weighted by atomic mass is 16.5. The van der Waals surface area contributed by atoms with Gasteiger partial charge in [-0.3, -0.25) is 9.69 Å². The van der Waals surface area contributed by atoms with Crippen molar-refractivity contribution >= 4 is 11.6 Å². The van der Waals surface area contributed by atoms with E-state index in [-0.39, 0.29) is 11.4 Å². The molecule has 1 aromatic carbocycles. The largest absolute Gasteiger partial charge is 0.378 e. The maximum atomic E-state index is 12.5. The van der Waals surface area contributed by atoms with Gasteiger partial charge in [-0.15, -0.1) is 0 Å². The average Bonchev–Trinajstić information content (AvgIpc) is 2.73. The Hall–Kier alpha value is -1.63. The number of carbonyl (C=O) groups excluding carboxylic acids is 1. The second kappa shape index (κ2) is 9.72. The number of nitrogens with zero attached hydrogens (tertiary/aromatic N) is 3. The third kappa shape index (κ3) is 5.69. The Kier molecular flexibility index (Phi) is 7.32. The van der Waals surface area contributed by atoms with Crippen molar-refractivity contribution in [1.82, 2.24) is 15.1 Å². The second-order valence-corrected chi connectivity index (χ2v) is 8.45. The van der Waals surface area contributed by atoms with Crippen LogP contribution in [0.1, 0.15) is 26.3 Å². The summed E-state index contributed by atoms with van der Waals surface area (Å²) in [7, 11) is 0. The van der Waals surface area contributed by atoms with Crippen molar-refractivity contribution in [3.05, 3.63) is 29.8 Å². The molecule has 1 aromatic rings. The standard InChI is InChI=1S/C22H36N4O2/c1-4-24-9-11-26(12-10-24)22(2,3)18-23-21(27)17-19-5-7-20(8-6-19)25-13-15-28-16-14-25/h5-8H,4,9-18H2,1-3H3,(H,23,27). The molecule has 28 heavy (non-hydrogen) atoms. The predicted octanol–water partition coefficient (Wildman–Crippen LogP) is 1.60. The van der Waals surface area contributed by atoms with Gasteiger partial charge < -0.3 is 19.9 Å². The number of nitrogens with one attached hydrogen (secondary N) is 1. The summed E-state index contributed by atoms with van der Waals surface area (Å²) in [4.78, 5) is 19.8. The zero-order valence-corrected chi connectivity index (χ0v) is 17.7. The van der Waals surface area contributed by atoms with Crippen molar-refractivity contribution in [2.24, 2.45) is 0 Å². The monoisotopic (exact) mass is 388 g/mol. The number of hydrogen-bond donors (Lipinski definition) is 1. The summed E-state index contributed by atoms with van der Waals surface area (Å²) in [5, 5.41) is 3.15. The van der Waals surface area contributed by atoms with E-state index in [1.54, 1.807) is 0 Å². The Morgan fingerprint density at radius 3 is 2.29 bits per heavy atom. The first kappa shape index (κ1) is 21.1. The van der Waals surface area contributed by atoms with Crippen LogP contribution in [0.15, 0.2) is 24.3 Å². The van der Waals surface area contributed by atoms with E-state index in [1.165, 1.54) is 5.69 Å². The zero-order chi connectivity index (χ0) is 20.0. The van der Waals surface area contributed by atoms with Crippen molar-refractivity contribution in [2.45, 2.75) is 32.7 Å². The molecule has 1 amide bonds. The van der Waals surface area contributed by atoms with Gasteiger partial charge in [0.05, 0.1) is 19.6 Å². The first-order valence-corrected chi connectivity index (χ1v) is 10.6. The van der Waals surface area contributed by atoms with Gasteiger partial charge >= 0.3 is 0 Å². The summed E-state index contributed by atoms with van der Waals surface area (Å²) < 4.78 is 5.41. The van der Waals surface area contributed by atoms with Crippen molar-refractivity contribution in [3.63, 3.8) is 0 Å². The Bertz CT molecular complexity index is 618. The number of anilines is 1. The molecule has 6 heteroatoms. The zero-order valence-electron chi connectivity index (χ0n) is 17.7. The number of amides is 1. The van der Waals surface area contributed by atoms with Crippen LogP contribution >= 0.6 is 0 Å². The fourth-order valence-electron chi connectivity index (χ4n) is 3.99. The lowest BCUT2D eigenvalue weighted by Crippen LogP contribution is -2.58. The summed E-state index contributed by atoms with van der Waals surface area (Å²) in [6, 6.07) is 8.37. The first-order chi connectivity index (χ1) is 13.5. The Morgan fingerprint density at radius 2 is 1.68 bits per heavy atom. The topological polar surface area (TPSA) is 48.0 Å². The minimum absolute atomic E-state index is 0.0182. The minimum Gasteiger partial charge on any atom is -0.378 e. The van der Waals surface area contributed by atoms with Crippen molar-refractivity contribution < 1.29 is 9.53 Å². The van der Waals surface area contributed by atoms with E-state index >= 15 is 0 Å². The fraction of sp³-hybridized carbons (Fsp3) is 0.682. The lowest BCUT2D eigenvalue weighted by Gasteiger charge is -2.44. The molecule has 156 valence electrons. The van der Waals surface area contributed by atoms with Gasteiger partial charge in [-0.25, -0.2) is 0 Å². The van der Waals surface area contributed by atoms with E-state index in [4.69, 9.17) is 4.74 Å². The van der Waals surface area contributed by atoms with Gasteiger partial charge in [-0.05, 0) is 38.1 Å². The summed E-state index contributed by atoms with van der Waals surface area (Å²) in [5.74, 6) is 0.0967. The third-order valence-corrected chi connectivity index (χ3v) is 6.07. The van der Waals surface area contributed by atoms with Crippen molar-refractivity contribution in [3.8, 4) is 0 Å². The molecule has 0 atom stereocenters. The quantitative estimate of drug-likeness (QED) is 0.769. The molecule has 1 N–H and O–H groups in total. The van der Waals surface area contributed by atoms with E-state index in [2.05, 4.69) is 65.1 Å². The van der Waals surface area contributed by atoms with Gasteiger partial charge in [-0.2, -0.15) is 0 Å². The van der Waals surface area contributed by atoms with Crippen LogP contribution in [0.2, 0.25) is 0 Å². The van der Waals surface area contributed by atoms with Gasteiger partial charge in [-0.1, -0.05) is 19.1 Å². The van der Waals surface area contributed by atoms with Crippen LogP contribution in [0.25, 0.3) is 0 Å². The molecule has 0 unspecified atom stereocenters. The van der Waals surface area contributed by atoms with Gasteiger partial charge in [0, 0.05) is 57.0 Å². The summed E-state index contributed by atoms with van der Waals surface area (Å²) in [5.41, 5.74) is 2.25. The number of hydrogen-bond acceptors (Lipinski definition) is 5. The molecular formula is C22H36N4O2. The number of morpholine rings is 1. The summed E-state index contributed by atoms with van der Waals surface area (Å²) >= 11 is 0. The van der Waals surface area contributed by atoms with Gasteiger partial charge in [0.1, 0.15) is 0 Å². The molecular weight excluding hydrogens is 352 g/mol. The van der Waals surface area contributed by atoms with E-state index in [9.17, 15) is 4.79 Å². The van der Waals surface area contributed by atoms with Gasteiger partial charge in [0.25, 0.3) is 0 Å². The van der Waals surface area contributed by atoms with Crippen molar-refractivity contribution in [2.75, 3.05) is 70.5 Å². The number of ether oxygens (including phenoxy) is 1. The van der Waals surface area contributed by atoms with E-state index in [0.717, 1.165) is 64.6 Å². The average molecular weight is 389 g/mol. The van der Waals surface area contributed by atoms with E-state index in [1.807, 2.05) is 0 Å². The Balaban J connectivity index is 1.44. The number of carbonyl (C=O) groups is 1. The summed E-state index contributed by atoms with van der Waals surface area (Å²) in [6.07, 6.45) is 0.434. The highest BCUT2D eigenvalue weighted by Gasteiger charge is 2.29. The fourth-order valence-corrected chi connectivity index (χ4v) is 3.99. The van der Waals surface area contributed by atoms with Crippen LogP contribution in [0.4, 0.5) is 5.69 Å². The molecule has 3 rings (SSSR count). The van der Waals surface area contributed by atoms with Crippen molar-refractivity contribution in [1.29, 1.82) is 0 Å². The molecule has 2 heterocycles. The van der Waals surface area contributed by atoms with E-state index in [0.29, 0.717) is 13.0 Å². The van der Waals surface area contributed by atoms with E-state index < -0.39 is 0 Å². The molecule has 2 fully saturated rings. The number of piperazine rings is 1. The van der Waals surface area contributed by atoms with Crippen LogP contribution in [-0.2, 0) is 16.0 Å². The molecule has 0 aliphatic carbocycles. The lowest BCUT2D eigenvalue weighted by atomic mass is 10.0. The normalized spacial score (nSPS) is 19.6. The maximum Gasteiger partial charge on any atom is 0.224 e. The maximum absolute atomic E-state index is 12.5. The number of benzene rings is 1. The van der Waals surface area contributed by atoms with Crippen LogP contribution in [0.3, 0.4) is 0 Å². The van der Waals surface area contributed by atoms with Crippen LogP contribution in [0.5, 0.6) is 0 Å². The first-order valence-electron chi connectivity index (χ1n) is 10.6. The summed E-state index contributed by atoms with van der Waals surface area (Å²) in [6.45, 7) is 16.3. The Labute approximate surface area is 169 Å². The molecule has 6 nitrogen and oxygen atoms in total. The molecule has 2 aliphatic heterocycles. The third-order valence-electron chi connectivity index (χ3n) is 6.07.